The molecule has 6 unspecified atom stereocenters. The Labute approximate surface area is 369 Å². The van der Waals surface area contributed by atoms with Crippen molar-refractivity contribution < 1.29 is 44.2 Å². The Morgan fingerprint density at radius 1 is 0.517 bits per heavy atom. The molecular formula is C51H98O9. The zero-order chi connectivity index (χ0) is 43.6. The fourth-order valence-corrected chi connectivity index (χ4v) is 8.14. The van der Waals surface area contributed by atoms with Crippen LogP contribution in [-0.4, -0.2) is 89.6 Å². The molecular weight excluding hydrogens is 757 g/mol. The van der Waals surface area contributed by atoms with Crippen LogP contribution >= 0.6 is 0 Å². The molecule has 0 radical (unpaired) electrons. The lowest BCUT2D eigenvalue weighted by atomic mass is 9.99. The predicted molar refractivity (Wildman–Crippen MR) is 247 cm³/mol. The van der Waals surface area contributed by atoms with Gasteiger partial charge in [-0.3, -0.25) is 4.79 Å². The summed E-state index contributed by atoms with van der Waals surface area (Å²) in [6, 6.07) is 0. The first-order chi connectivity index (χ1) is 29.4. The minimum Gasteiger partial charge on any atom is -0.457 e. The second-order valence-corrected chi connectivity index (χ2v) is 18.0. The number of rotatable bonds is 45. The van der Waals surface area contributed by atoms with Gasteiger partial charge in [-0.15, -0.1) is 0 Å². The van der Waals surface area contributed by atoms with Gasteiger partial charge in [-0.05, 0) is 38.5 Å². The Kier molecular flexibility index (Phi) is 41.0. The highest BCUT2D eigenvalue weighted by molar-refractivity contribution is 5.69. The lowest BCUT2D eigenvalue weighted by Crippen LogP contribution is -2.59. The van der Waals surface area contributed by atoms with Crippen LogP contribution in [0.4, 0.5) is 0 Å². The number of aliphatic hydroxyl groups is 4. The van der Waals surface area contributed by atoms with Crippen molar-refractivity contribution in [2.24, 2.45) is 0 Å². The Hall–Kier alpha value is -1.07. The second-order valence-electron chi connectivity index (χ2n) is 18.0. The van der Waals surface area contributed by atoms with Gasteiger partial charge in [0.15, 0.2) is 6.29 Å². The van der Waals surface area contributed by atoms with E-state index in [-0.39, 0.29) is 19.2 Å². The van der Waals surface area contributed by atoms with Gasteiger partial charge in [-0.2, -0.15) is 0 Å². The topological polar surface area (TPSA) is 135 Å². The molecule has 4 N–H and O–H groups in total. The molecule has 0 aromatic heterocycles. The molecule has 1 aliphatic rings. The minimum atomic E-state index is -1.53. The molecule has 0 aromatic rings. The van der Waals surface area contributed by atoms with Crippen LogP contribution in [-0.2, 0) is 23.7 Å². The van der Waals surface area contributed by atoms with Crippen LogP contribution in [0.3, 0.4) is 0 Å². The van der Waals surface area contributed by atoms with Gasteiger partial charge in [0.2, 0.25) is 0 Å². The van der Waals surface area contributed by atoms with E-state index in [1.54, 1.807) is 0 Å². The number of aliphatic hydroxyl groups excluding tert-OH is 4. The summed E-state index contributed by atoms with van der Waals surface area (Å²) in [7, 11) is 0. The molecule has 9 nitrogen and oxygen atoms in total. The Morgan fingerprint density at radius 3 is 1.35 bits per heavy atom. The third kappa shape index (κ3) is 33.5. The molecule has 1 heterocycles. The van der Waals surface area contributed by atoms with Gasteiger partial charge < -0.3 is 39.4 Å². The maximum atomic E-state index is 12.8. The monoisotopic (exact) mass is 855 g/mol. The van der Waals surface area contributed by atoms with Gasteiger partial charge >= 0.3 is 5.97 Å². The SMILES string of the molecule is CCCCCCCCCC/C=C\CCCCCCCCCCCCCCCC(=O)OC(COCCCCCCCCCCCCCC)COC1OC(CO)C(O)C(O)C1O. The van der Waals surface area contributed by atoms with Crippen molar-refractivity contribution in [2.75, 3.05) is 26.4 Å². The summed E-state index contributed by atoms with van der Waals surface area (Å²) < 4.78 is 22.9. The van der Waals surface area contributed by atoms with Gasteiger partial charge in [0.05, 0.1) is 19.8 Å². The molecule has 1 rings (SSSR count). The fraction of sp³-hybridized carbons (Fsp3) is 0.941. The first-order valence-corrected chi connectivity index (χ1v) is 25.8. The van der Waals surface area contributed by atoms with E-state index in [9.17, 15) is 25.2 Å². The van der Waals surface area contributed by atoms with Gasteiger partial charge in [-0.25, -0.2) is 0 Å². The highest BCUT2D eigenvalue weighted by Gasteiger charge is 2.44. The molecule has 6 atom stereocenters. The first kappa shape index (κ1) is 56.9. The van der Waals surface area contributed by atoms with Crippen LogP contribution in [0.25, 0.3) is 0 Å². The summed E-state index contributed by atoms with van der Waals surface area (Å²) in [5.74, 6) is -0.308. The number of allylic oxidation sites excluding steroid dienone is 2. The average molecular weight is 855 g/mol. The molecule has 1 fully saturated rings. The van der Waals surface area contributed by atoms with Crippen molar-refractivity contribution >= 4 is 5.97 Å². The zero-order valence-corrected chi connectivity index (χ0v) is 39.2. The summed E-state index contributed by atoms with van der Waals surface area (Å²) in [5.41, 5.74) is 0. The second kappa shape index (κ2) is 43.2. The molecule has 0 spiro atoms. The highest BCUT2D eigenvalue weighted by Crippen LogP contribution is 2.23. The predicted octanol–water partition coefficient (Wildman–Crippen LogP) is 12.4. The third-order valence-electron chi connectivity index (χ3n) is 12.2. The number of hydrogen-bond donors (Lipinski definition) is 4. The number of hydrogen-bond acceptors (Lipinski definition) is 9. The molecule has 1 saturated heterocycles. The van der Waals surface area contributed by atoms with Gasteiger partial charge in [-0.1, -0.05) is 212 Å². The molecule has 0 aliphatic carbocycles. The van der Waals surface area contributed by atoms with E-state index in [1.807, 2.05) is 0 Å². The van der Waals surface area contributed by atoms with Crippen LogP contribution in [0, 0.1) is 0 Å². The molecule has 356 valence electrons. The zero-order valence-electron chi connectivity index (χ0n) is 39.2. The number of esters is 1. The van der Waals surface area contributed by atoms with E-state index in [1.165, 1.54) is 193 Å². The lowest BCUT2D eigenvalue weighted by Gasteiger charge is -2.39. The summed E-state index contributed by atoms with van der Waals surface area (Å²) >= 11 is 0. The lowest BCUT2D eigenvalue weighted by molar-refractivity contribution is -0.305. The largest absolute Gasteiger partial charge is 0.457 e. The van der Waals surface area contributed by atoms with Crippen molar-refractivity contribution in [1.29, 1.82) is 0 Å². The van der Waals surface area contributed by atoms with Crippen LogP contribution in [0.1, 0.15) is 245 Å². The first-order valence-electron chi connectivity index (χ1n) is 25.8. The van der Waals surface area contributed by atoms with Crippen LogP contribution in [0.15, 0.2) is 12.2 Å². The van der Waals surface area contributed by atoms with Gasteiger partial charge in [0, 0.05) is 13.0 Å². The van der Waals surface area contributed by atoms with E-state index in [0.29, 0.717) is 13.0 Å². The minimum absolute atomic E-state index is 0.107. The van der Waals surface area contributed by atoms with Gasteiger partial charge in [0.25, 0.3) is 0 Å². The van der Waals surface area contributed by atoms with Crippen molar-refractivity contribution in [3.8, 4) is 0 Å². The molecule has 0 aromatic carbocycles. The van der Waals surface area contributed by atoms with Crippen molar-refractivity contribution in [2.45, 2.75) is 282 Å². The molecule has 0 amide bonds. The van der Waals surface area contributed by atoms with Crippen LogP contribution in [0.5, 0.6) is 0 Å². The summed E-state index contributed by atoms with van der Waals surface area (Å²) in [6.45, 7) is 4.60. The molecule has 9 heteroatoms. The number of carbonyl (C=O) groups is 1. The summed E-state index contributed by atoms with van der Waals surface area (Å²) in [6.07, 6.45) is 42.5. The number of unbranched alkanes of at least 4 members (excludes halogenated alkanes) is 32. The van der Waals surface area contributed by atoms with E-state index in [0.717, 1.165) is 32.1 Å². The summed E-state index contributed by atoms with van der Waals surface area (Å²) in [5, 5.41) is 40.2. The molecule has 0 bridgehead atoms. The van der Waals surface area contributed by atoms with E-state index in [2.05, 4.69) is 26.0 Å². The van der Waals surface area contributed by atoms with E-state index < -0.39 is 43.4 Å². The molecule has 0 saturated carbocycles. The quantitative estimate of drug-likeness (QED) is 0.0268. The van der Waals surface area contributed by atoms with E-state index >= 15 is 0 Å². The normalized spacial score (nSPS) is 20.0. The van der Waals surface area contributed by atoms with Crippen molar-refractivity contribution in [3.63, 3.8) is 0 Å². The van der Waals surface area contributed by atoms with Crippen molar-refractivity contribution in [1.82, 2.24) is 0 Å². The Balaban J connectivity index is 2.14. The standard InChI is InChI=1S/C51H98O9/c1-3-5-7-9-11-13-15-17-18-19-20-21-22-23-24-25-26-27-28-29-30-32-34-36-38-40-47(53)59-45(44-58-51-50(56)49(55)48(54)46(42-52)60-51)43-57-41-39-37-35-33-31-16-14-12-10-8-6-4-2/h19-20,45-46,48-52,54-56H,3-18,21-44H2,1-2H3/b20-19-. The number of ether oxygens (including phenoxy) is 4. The Bertz CT molecular complexity index is 930. The molecule has 60 heavy (non-hydrogen) atoms. The highest BCUT2D eigenvalue weighted by atomic mass is 16.7. The van der Waals surface area contributed by atoms with E-state index in [4.69, 9.17) is 18.9 Å². The smallest absolute Gasteiger partial charge is 0.306 e. The fourth-order valence-electron chi connectivity index (χ4n) is 8.14. The summed E-state index contributed by atoms with van der Waals surface area (Å²) in [4.78, 5) is 12.8. The van der Waals surface area contributed by atoms with Crippen LogP contribution < -0.4 is 0 Å². The Morgan fingerprint density at radius 2 is 0.917 bits per heavy atom. The number of carbonyl (C=O) groups excluding carboxylic acids is 1. The van der Waals surface area contributed by atoms with Gasteiger partial charge in [0.1, 0.15) is 30.5 Å². The average Bonchev–Trinajstić information content (AvgIpc) is 3.25. The third-order valence-corrected chi connectivity index (χ3v) is 12.2. The molecule has 1 aliphatic heterocycles. The maximum absolute atomic E-state index is 12.8. The van der Waals surface area contributed by atoms with Crippen LogP contribution in [0.2, 0.25) is 0 Å². The maximum Gasteiger partial charge on any atom is 0.306 e. The van der Waals surface area contributed by atoms with Crippen molar-refractivity contribution in [3.05, 3.63) is 12.2 Å².